The van der Waals surface area contributed by atoms with E-state index in [2.05, 4.69) is 18.7 Å². The third kappa shape index (κ3) is 2.72. The van der Waals surface area contributed by atoms with Gasteiger partial charge in [0, 0.05) is 31.5 Å². The Labute approximate surface area is 132 Å². The number of rotatable bonds is 3. The van der Waals surface area contributed by atoms with Crippen LogP contribution in [0.15, 0.2) is 12.1 Å². The Morgan fingerprint density at radius 1 is 1.41 bits per heavy atom. The molecule has 2 aliphatic heterocycles. The van der Waals surface area contributed by atoms with Gasteiger partial charge < -0.3 is 9.84 Å². The molecule has 0 spiro atoms. The molecule has 0 bridgehead atoms. The van der Waals surface area contributed by atoms with Crippen molar-refractivity contribution in [3.63, 3.8) is 0 Å². The molecule has 0 aliphatic carbocycles. The quantitative estimate of drug-likeness (QED) is 0.933. The van der Waals surface area contributed by atoms with Crippen LogP contribution in [0.2, 0.25) is 0 Å². The van der Waals surface area contributed by atoms with Gasteiger partial charge in [-0.2, -0.15) is 0 Å². The van der Waals surface area contributed by atoms with E-state index < -0.39 is 0 Å². The Balaban J connectivity index is 1.87. The summed E-state index contributed by atoms with van der Waals surface area (Å²) in [5.41, 5.74) is 2.30. The Morgan fingerprint density at radius 3 is 2.86 bits per heavy atom. The Morgan fingerprint density at radius 2 is 2.18 bits per heavy atom. The number of hydrogen-bond donors (Lipinski definition) is 1. The van der Waals surface area contributed by atoms with E-state index in [0.29, 0.717) is 23.9 Å². The average molecular weight is 303 g/mol. The Kier molecular flexibility index (Phi) is 4.13. The van der Waals surface area contributed by atoms with Crippen LogP contribution in [0.4, 0.5) is 0 Å². The van der Waals surface area contributed by atoms with Gasteiger partial charge in [0.05, 0.1) is 7.11 Å². The van der Waals surface area contributed by atoms with Gasteiger partial charge in [-0.25, -0.2) is 0 Å². The largest absolute Gasteiger partial charge is 0.504 e. The van der Waals surface area contributed by atoms with E-state index in [-0.39, 0.29) is 17.7 Å². The van der Waals surface area contributed by atoms with E-state index in [1.807, 2.05) is 6.07 Å². The summed E-state index contributed by atoms with van der Waals surface area (Å²) in [5.74, 6) is 1.78. The molecule has 0 amide bonds. The summed E-state index contributed by atoms with van der Waals surface area (Å²) in [6.45, 7) is 6.19. The van der Waals surface area contributed by atoms with Crippen molar-refractivity contribution in [1.29, 1.82) is 0 Å². The number of methoxy groups -OCH3 is 1. The van der Waals surface area contributed by atoms with Crippen molar-refractivity contribution in [3.05, 3.63) is 23.3 Å². The molecule has 1 unspecified atom stereocenters. The second-order valence-corrected chi connectivity index (χ2v) is 6.98. The molecule has 4 heteroatoms. The van der Waals surface area contributed by atoms with Gasteiger partial charge in [0.25, 0.3) is 0 Å². The molecule has 2 atom stereocenters. The van der Waals surface area contributed by atoms with Crippen molar-refractivity contribution in [1.82, 2.24) is 4.90 Å². The molecule has 3 rings (SSSR count). The second kappa shape index (κ2) is 5.92. The molecule has 1 fully saturated rings. The van der Waals surface area contributed by atoms with Crippen molar-refractivity contribution in [3.8, 4) is 11.5 Å². The zero-order valence-corrected chi connectivity index (χ0v) is 13.6. The Hall–Kier alpha value is -1.55. The normalized spacial score (nSPS) is 25.0. The summed E-state index contributed by atoms with van der Waals surface area (Å²) in [4.78, 5) is 14.9. The first kappa shape index (κ1) is 15.3. The number of carbonyl (C=O) groups excluding carboxylic acids is 1. The third-order valence-electron chi connectivity index (χ3n) is 4.97. The van der Waals surface area contributed by atoms with Crippen LogP contribution in [0.1, 0.15) is 43.9 Å². The maximum Gasteiger partial charge on any atom is 0.160 e. The fourth-order valence-corrected chi connectivity index (χ4v) is 3.91. The number of aromatic hydroxyl groups is 1. The number of carbonyl (C=O) groups is 1. The van der Waals surface area contributed by atoms with Crippen molar-refractivity contribution in [2.45, 2.75) is 39.2 Å². The zero-order chi connectivity index (χ0) is 15.9. The van der Waals surface area contributed by atoms with E-state index in [4.69, 9.17) is 4.74 Å². The molecule has 120 valence electrons. The number of ketones is 1. The lowest BCUT2D eigenvalue weighted by Gasteiger charge is -2.43. The lowest BCUT2D eigenvalue weighted by atomic mass is 9.80. The summed E-state index contributed by atoms with van der Waals surface area (Å²) in [5, 5.41) is 10.1. The molecule has 1 aromatic carbocycles. The van der Waals surface area contributed by atoms with Crippen molar-refractivity contribution in [2.75, 3.05) is 20.2 Å². The first-order valence-electron chi connectivity index (χ1n) is 8.16. The fraction of sp³-hybridized carbons (Fsp3) is 0.611. The van der Waals surface area contributed by atoms with Gasteiger partial charge in [-0.3, -0.25) is 9.69 Å². The predicted octanol–water partition coefficient (Wildman–Crippen LogP) is 2.94. The highest BCUT2D eigenvalue weighted by molar-refractivity contribution is 5.83. The molecule has 4 nitrogen and oxygen atoms in total. The van der Waals surface area contributed by atoms with E-state index in [1.54, 1.807) is 13.2 Å². The molecule has 1 saturated heterocycles. The van der Waals surface area contributed by atoms with E-state index >= 15 is 0 Å². The summed E-state index contributed by atoms with van der Waals surface area (Å²) in [6.07, 6.45) is 2.49. The van der Waals surface area contributed by atoms with Crippen LogP contribution < -0.4 is 4.74 Å². The molecular formula is C18H25NO3. The predicted molar refractivity (Wildman–Crippen MR) is 85.2 cm³/mol. The zero-order valence-electron chi connectivity index (χ0n) is 13.6. The van der Waals surface area contributed by atoms with Crippen molar-refractivity contribution < 1.29 is 14.6 Å². The van der Waals surface area contributed by atoms with Gasteiger partial charge >= 0.3 is 0 Å². The van der Waals surface area contributed by atoms with Gasteiger partial charge in [0.15, 0.2) is 11.5 Å². The van der Waals surface area contributed by atoms with Crippen LogP contribution in [-0.4, -0.2) is 36.0 Å². The van der Waals surface area contributed by atoms with E-state index in [1.165, 1.54) is 5.56 Å². The van der Waals surface area contributed by atoms with Gasteiger partial charge in [0.2, 0.25) is 0 Å². The minimum absolute atomic E-state index is 0.122. The minimum Gasteiger partial charge on any atom is -0.504 e. The van der Waals surface area contributed by atoms with Gasteiger partial charge in [-0.15, -0.1) is 0 Å². The lowest BCUT2D eigenvalue weighted by molar-refractivity contribution is -0.129. The maximum absolute atomic E-state index is 12.5. The number of fused-ring (bicyclic) bond motifs is 3. The molecule has 0 radical (unpaired) electrons. The summed E-state index contributed by atoms with van der Waals surface area (Å²) in [6, 6.07) is 3.84. The van der Waals surface area contributed by atoms with Crippen LogP contribution in [-0.2, 0) is 11.2 Å². The number of hydrogen-bond acceptors (Lipinski definition) is 4. The van der Waals surface area contributed by atoms with Gasteiger partial charge in [0.1, 0.15) is 5.78 Å². The van der Waals surface area contributed by atoms with Crippen molar-refractivity contribution in [2.24, 2.45) is 11.8 Å². The highest BCUT2D eigenvalue weighted by Crippen LogP contribution is 2.42. The molecule has 2 aliphatic rings. The minimum atomic E-state index is 0.122. The first-order chi connectivity index (χ1) is 10.5. The maximum atomic E-state index is 12.5. The lowest BCUT2D eigenvalue weighted by Crippen LogP contribution is -2.46. The fourth-order valence-electron chi connectivity index (χ4n) is 3.91. The smallest absolute Gasteiger partial charge is 0.160 e. The monoisotopic (exact) mass is 303 g/mol. The number of ether oxygens (including phenoxy) is 1. The van der Waals surface area contributed by atoms with Crippen LogP contribution in [0.3, 0.4) is 0 Å². The second-order valence-electron chi connectivity index (χ2n) is 6.98. The highest BCUT2D eigenvalue weighted by Gasteiger charge is 2.38. The SMILES string of the molecule is COc1cc2c(cc1O)[C@H]1CC(=O)C(CC(C)C)CN1CC2. The number of Topliss-reactive ketones (excluding diaryl/α,β-unsaturated/α-hetero) is 1. The number of phenols is 1. The Bertz CT molecular complexity index is 582. The third-order valence-corrected chi connectivity index (χ3v) is 4.97. The summed E-state index contributed by atoms with van der Waals surface area (Å²) >= 11 is 0. The molecule has 1 N–H and O–H groups in total. The molecule has 1 aromatic rings. The molecule has 0 aromatic heterocycles. The van der Waals surface area contributed by atoms with Gasteiger partial charge in [-0.1, -0.05) is 13.8 Å². The van der Waals surface area contributed by atoms with Crippen LogP contribution in [0.5, 0.6) is 11.5 Å². The highest BCUT2D eigenvalue weighted by atomic mass is 16.5. The number of piperidine rings is 1. The van der Waals surface area contributed by atoms with Crippen LogP contribution in [0, 0.1) is 11.8 Å². The van der Waals surface area contributed by atoms with Crippen molar-refractivity contribution >= 4 is 5.78 Å². The number of benzene rings is 1. The van der Waals surface area contributed by atoms with Crippen LogP contribution >= 0.6 is 0 Å². The molecular weight excluding hydrogens is 278 g/mol. The topological polar surface area (TPSA) is 49.8 Å². The molecule has 22 heavy (non-hydrogen) atoms. The summed E-state index contributed by atoms with van der Waals surface area (Å²) < 4.78 is 5.20. The number of phenolic OH excluding ortho intramolecular Hbond substituents is 1. The first-order valence-corrected chi connectivity index (χ1v) is 8.16. The van der Waals surface area contributed by atoms with Gasteiger partial charge in [-0.05, 0) is 42.0 Å². The summed E-state index contributed by atoms with van der Waals surface area (Å²) in [7, 11) is 1.57. The van der Waals surface area contributed by atoms with E-state index in [9.17, 15) is 9.90 Å². The average Bonchev–Trinajstić information content (AvgIpc) is 2.47. The number of nitrogens with zero attached hydrogens (tertiary/aromatic N) is 1. The molecule has 2 heterocycles. The van der Waals surface area contributed by atoms with E-state index in [0.717, 1.165) is 31.5 Å². The molecule has 0 saturated carbocycles. The standard InChI is InChI=1S/C18H25NO3/c1-11(2)6-13-10-19-5-4-12-7-18(22-3)17(21)8-14(12)15(19)9-16(13)20/h7-8,11,13,15,21H,4-6,9-10H2,1-3H3/t13?,15-/m1/s1. The van der Waals surface area contributed by atoms with Crippen LogP contribution in [0.25, 0.3) is 0 Å².